The molecule has 1 aromatic heterocycles. The van der Waals surface area contributed by atoms with Crippen molar-refractivity contribution in [2.75, 3.05) is 20.1 Å². The predicted octanol–water partition coefficient (Wildman–Crippen LogP) is 1.58. The van der Waals surface area contributed by atoms with Crippen LogP contribution in [0.1, 0.15) is 31.0 Å². The molecule has 100 valence electrons. The van der Waals surface area contributed by atoms with Crippen LogP contribution in [0.5, 0.6) is 5.88 Å². The SMILES string of the molecule is CCc1cc(CN)cc(OC2CCN(C)CC2)n1. The molecule has 1 aliphatic heterocycles. The van der Waals surface area contributed by atoms with Gasteiger partial charge in [-0.05, 0) is 37.9 Å². The topological polar surface area (TPSA) is 51.4 Å². The minimum atomic E-state index is 0.298. The molecule has 0 aliphatic carbocycles. The van der Waals surface area contributed by atoms with Gasteiger partial charge < -0.3 is 15.4 Å². The lowest BCUT2D eigenvalue weighted by molar-refractivity contribution is 0.109. The average Bonchev–Trinajstić information content (AvgIpc) is 2.41. The zero-order valence-corrected chi connectivity index (χ0v) is 11.4. The summed E-state index contributed by atoms with van der Waals surface area (Å²) in [5, 5.41) is 0. The third kappa shape index (κ3) is 3.43. The highest BCUT2D eigenvalue weighted by molar-refractivity contribution is 5.25. The molecular weight excluding hydrogens is 226 g/mol. The summed E-state index contributed by atoms with van der Waals surface area (Å²) >= 11 is 0. The fourth-order valence-corrected chi connectivity index (χ4v) is 2.25. The summed E-state index contributed by atoms with van der Waals surface area (Å²) in [7, 11) is 2.15. The van der Waals surface area contributed by atoms with E-state index in [1.807, 2.05) is 6.07 Å². The highest BCUT2D eigenvalue weighted by Crippen LogP contribution is 2.19. The number of aromatic nitrogens is 1. The number of hydrogen-bond acceptors (Lipinski definition) is 4. The van der Waals surface area contributed by atoms with Crippen molar-refractivity contribution >= 4 is 0 Å². The number of pyridine rings is 1. The molecule has 0 bridgehead atoms. The molecule has 2 heterocycles. The van der Waals surface area contributed by atoms with E-state index in [-0.39, 0.29) is 0 Å². The molecule has 0 unspecified atom stereocenters. The molecule has 0 amide bonds. The maximum absolute atomic E-state index is 6.00. The van der Waals surface area contributed by atoms with E-state index in [4.69, 9.17) is 10.5 Å². The molecule has 0 saturated carbocycles. The lowest BCUT2D eigenvalue weighted by Gasteiger charge is -2.29. The highest BCUT2D eigenvalue weighted by Gasteiger charge is 2.18. The molecule has 4 nitrogen and oxygen atoms in total. The molecule has 1 aliphatic rings. The summed E-state index contributed by atoms with van der Waals surface area (Å²) in [6.45, 7) is 4.84. The second-order valence-corrected chi connectivity index (χ2v) is 4.98. The van der Waals surface area contributed by atoms with Crippen LogP contribution in [0.25, 0.3) is 0 Å². The number of nitrogens with zero attached hydrogens (tertiary/aromatic N) is 2. The number of nitrogens with two attached hydrogens (primary N) is 1. The Bertz CT molecular complexity index is 364. The molecule has 0 spiro atoms. The van der Waals surface area contributed by atoms with Gasteiger partial charge in [0.15, 0.2) is 0 Å². The molecule has 0 atom stereocenters. The van der Waals surface area contributed by atoms with Crippen molar-refractivity contribution in [3.05, 3.63) is 23.4 Å². The van der Waals surface area contributed by atoms with Gasteiger partial charge in [0.1, 0.15) is 6.10 Å². The van der Waals surface area contributed by atoms with Crippen molar-refractivity contribution in [3.8, 4) is 5.88 Å². The Labute approximate surface area is 109 Å². The lowest BCUT2D eigenvalue weighted by atomic mass is 10.1. The number of aryl methyl sites for hydroxylation is 1. The van der Waals surface area contributed by atoms with E-state index >= 15 is 0 Å². The first-order valence-electron chi connectivity index (χ1n) is 6.76. The van der Waals surface area contributed by atoms with Crippen LogP contribution in [0.4, 0.5) is 0 Å². The van der Waals surface area contributed by atoms with E-state index in [0.717, 1.165) is 49.5 Å². The maximum atomic E-state index is 6.00. The quantitative estimate of drug-likeness (QED) is 0.880. The number of ether oxygens (including phenoxy) is 1. The first-order valence-corrected chi connectivity index (χ1v) is 6.76. The van der Waals surface area contributed by atoms with Gasteiger partial charge in [-0.25, -0.2) is 4.98 Å². The summed E-state index contributed by atoms with van der Waals surface area (Å²) < 4.78 is 6.00. The van der Waals surface area contributed by atoms with Crippen LogP contribution in [0.15, 0.2) is 12.1 Å². The second-order valence-electron chi connectivity index (χ2n) is 4.98. The number of piperidine rings is 1. The molecule has 2 N–H and O–H groups in total. The van der Waals surface area contributed by atoms with E-state index in [1.165, 1.54) is 0 Å². The molecule has 4 heteroatoms. The minimum Gasteiger partial charge on any atom is -0.474 e. The monoisotopic (exact) mass is 249 g/mol. The van der Waals surface area contributed by atoms with Gasteiger partial charge in [-0.1, -0.05) is 6.92 Å². The zero-order chi connectivity index (χ0) is 13.0. The van der Waals surface area contributed by atoms with Gasteiger partial charge in [0.25, 0.3) is 0 Å². The van der Waals surface area contributed by atoms with Crippen molar-refractivity contribution in [1.82, 2.24) is 9.88 Å². The summed E-state index contributed by atoms with van der Waals surface area (Å²) in [5.74, 6) is 0.740. The fraction of sp³-hybridized carbons (Fsp3) is 0.643. The smallest absolute Gasteiger partial charge is 0.214 e. The molecule has 1 aromatic rings. The van der Waals surface area contributed by atoms with E-state index in [2.05, 4.69) is 29.9 Å². The van der Waals surface area contributed by atoms with Gasteiger partial charge in [0, 0.05) is 31.4 Å². The third-order valence-electron chi connectivity index (χ3n) is 3.47. The normalized spacial score (nSPS) is 17.9. The van der Waals surface area contributed by atoms with Crippen LogP contribution >= 0.6 is 0 Å². The van der Waals surface area contributed by atoms with Gasteiger partial charge in [-0.3, -0.25) is 0 Å². The van der Waals surface area contributed by atoms with Gasteiger partial charge in [-0.15, -0.1) is 0 Å². The Hall–Kier alpha value is -1.13. The largest absolute Gasteiger partial charge is 0.474 e. The van der Waals surface area contributed by atoms with Crippen molar-refractivity contribution in [3.63, 3.8) is 0 Å². The Morgan fingerprint density at radius 3 is 2.72 bits per heavy atom. The maximum Gasteiger partial charge on any atom is 0.214 e. The number of likely N-dealkylation sites (tertiary alicyclic amines) is 1. The van der Waals surface area contributed by atoms with E-state index < -0.39 is 0 Å². The summed E-state index contributed by atoms with van der Waals surface area (Å²) in [6.07, 6.45) is 3.36. The van der Waals surface area contributed by atoms with Crippen molar-refractivity contribution in [2.24, 2.45) is 5.73 Å². The van der Waals surface area contributed by atoms with Crippen molar-refractivity contribution in [1.29, 1.82) is 0 Å². The molecule has 1 fully saturated rings. The lowest BCUT2D eigenvalue weighted by Crippen LogP contribution is -2.35. The van der Waals surface area contributed by atoms with E-state index in [1.54, 1.807) is 0 Å². The van der Waals surface area contributed by atoms with Crippen LogP contribution in [0.3, 0.4) is 0 Å². The molecule has 2 rings (SSSR count). The van der Waals surface area contributed by atoms with Crippen LogP contribution in [0, 0.1) is 0 Å². The Morgan fingerprint density at radius 2 is 2.11 bits per heavy atom. The van der Waals surface area contributed by atoms with E-state index in [9.17, 15) is 0 Å². The van der Waals surface area contributed by atoms with Gasteiger partial charge >= 0.3 is 0 Å². The first-order chi connectivity index (χ1) is 8.71. The van der Waals surface area contributed by atoms with Crippen LogP contribution in [-0.4, -0.2) is 36.1 Å². The molecule has 0 aromatic carbocycles. The van der Waals surface area contributed by atoms with Crippen LogP contribution in [-0.2, 0) is 13.0 Å². The van der Waals surface area contributed by atoms with Crippen molar-refractivity contribution < 1.29 is 4.74 Å². The first kappa shape index (κ1) is 13.3. The summed E-state index contributed by atoms with van der Waals surface area (Å²) in [4.78, 5) is 6.86. The molecule has 0 radical (unpaired) electrons. The summed E-state index contributed by atoms with van der Waals surface area (Å²) in [5.41, 5.74) is 7.86. The fourth-order valence-electron chi connectivity index (χ4n) is 2.25. The highest BCUT2D eigenvalue weighted by atomic mass is 16.5. The Morgan fingerprint density at radius 1 is 1.39 bits per heavy atom. The molecule has 1 saturated heterocycles. The summed E-state index contributed by atoms with van der Waals surface area (Å²) in [6, 6.07) is 4.03. The Balaban J connectivity index is 2.03. The molecular formula is C14H23N3O. The second kappa shape index (κ2) is 6.16. The van der Waals surface area contributed by atoms with Crippen LogP contribution in [0.2, 0.25) is 0 Å². The minimum absolute atomic E-state index is 0.298. The Kier molecular flexibility index (Phi) is 4.55. The van der Waals surface area contributed by atoms with Gasteiger partial charge in [0.2, 0.25) is 5.88 Å². The third-order valence-corrected chi connectivity index (χ3v) is 3.47. The van der Waals surface area contributed by atoms with Gasteiger partial charge in [-0.2, -0.15) is 0 Å². The van der Waals surface area contributed by atoms with Crippen molar-refractivity contribution in [2.45, 2.75) is 38.8 Å². The zero-order valence-electron chi connectivity index (χ0n) is 11.4. The standard InChI is InChI=1S/C14H23N3O/c1-3-12-8-11(10-15)9-14(16-12)18-13-4-6-17(2)7-5-13/h8-9,13H,3-7,10,15H2,1-2H3. The predicted molar refractivity (Wildman–Crippen MR) is 72.7 cm³/mol. The average molecular weight is 249 g/mol. The number of hydrogen-bond donors (Lipinski definition) is 1. The van der Waals surface area contributed by atoms with E-state index in [0.29, 0.717) is 12.6 Å². The van der Waals surface area contributed by atoms with Crippen LogP contribution < -0.4 is 10.5 Å². The van der Waals surface area contributed by atoms with Gasteiger partial charge in [0.05, 0.1) is 0 Å². The molecule has 18 heavy (non-hydrogen) atoms. The number of rotatable bonds is 4.